The second kappa shape index (κ2) is 5.26. The normalized spacial score (nSPS) is 35.5. The Labute approximate surface area is 134 Å². The van der Waals surface area contributed by atoms with Gasteiger partial charge in [0.2, 0.25) is 0 Å². The molecule has 4 rings (SSSR count). The lowest BCUT2D eigenvalue weighted by Crippen LogP contribution is -2.62. The second-order valence-corrected chi connectivity index (χ2v) is 7.87. The minimum absolute atomic E-state index is 0.360. The van der Waals surface area contributed by atoms with Crippen LogP contribution in [-0.4, -0.2) is 28.6 Å². The summed E-state index contributed by atoms with van der Waals surface area (Å²) < 4.78 is 0. The van der Waals surface area contributed by atoms with E-state index in [-0.39, 0.29) is 0 Å². The minimum Gasteiger partial charge on any atom is -0.508 e. The molecule has 0 unspecified atom stereocenters. The molecule has 2 aliphatic carbocycles. The number of benzene rings is 1. The molecule has 1 aromatic carbocycles. The molecule has 3 aliphatic rings. The van der Waals surface area contributed by atoms with E-state index in [1.54, 1.807) is 0 Å². The first-order valence-electron chi connectivity index (χ1n) is 9.24. The van der Waals surface area contributed by atoms with E-state index in [2.05, 4.69) is 30.9 Å². The quantitative estimate of drug-likeness (QED) is 0.882. The standard InChI is InChI=1S/C20H29NO/c1-3-14(2)21-11-10-20-9-5-4-6-17(20)19(21)12-15-7-8-16(22)13-18(15)20/h7-8,13-14,17,19,22H,3-6,9-12H2,1-2H3/t14-,17+,19-,20-/m1/s1. The van der Waals surface area contributed by atoms with Crippen molar-refractivity contribution in [3.63, 3.8) is 0 Å². The zero-order valence-electron chi connectivity index (χ0n) is 14.0. The van der Waals surface area contributed by atoms with Crippen LogP contribution in [0.4, 0.5) is 0 Å². The van der Waals surface area contributed by atoms with Crippen LogP contribution in [0.25, 0.3) is 0 Å². The zero-order valence-corrected chi connectivity index (χ0v) is 14.0. The van der Waals surface area contributed by atoms with Gasteiger partial charge in [-0.2, -0.15) is 0 Å². The highest BCUT2D eigenvalue weighted by molar-refractivity contribution is 5.45. The van der Waals surface area contributed by atoms with Crippen LogP contribution in [0.5, 0.6) is 5.75 Å². The lowest BCUT2D eigenvalue weighted by molar-refractivity contribution is -0.0307. The number of fused-ring (bicyclic) bond motifs is 1. The predicted molar refractivity (Wildman–Crippen MR) is 90.3 cm³/mol. The van der Waals surface area contributed by atoms with Crippen LogP contribution in [0.2, 0.25) is 0 Å². The van der Waals surface area contributed by atoms with Gasteiger partial charge in [0.05, 0.1) is 0 Å². The van der Waals surface area contributed by atoms with Crippen LogP contribution >= 0.6 is 0 Å². The smallest absolute Gasteiger partial charge is 0.115 e. The largest absolute Gasteiger partial charge is 0.508 e. The maximum atomic E-state index is 10.0. The number of piperidine rings is 1. The molecule has 4 atom stereocenters. The van der Waals surface area contributed by atoms with Gasteiger partial charge in [-0.25, -0.2) is 0 Å². The zero-order chi connectivity index (χ0) is 15.3. The molecule has 1 heterocycles. The van der Waals surface area contributed by atoms with Gasteiger partial charge < -0.3 is 5.11 Å². The summed E-state index contributed by atoms with van der Waals surface area (Å²) in [6, 6.07) is 7.61. The Morgan fingerprint density at radius 1 is 1.32 bits per heavy atom. The summed E-state index contributed by atoms with van der Waals surface area (Å²) in [4.78, 5) is 2.81. The topological polar surface area (TPSA) is 23.5 Å². The van der Waals surface area contributed by atoms with Crippen molar-refractivity contribution in [2.45, 2.75) is 76.3 Å². The molecule has 2 nitrogen and oxygen atoms in total. The molecule has 1 N–H and O–H groups in total. The van der Waals surface area contributed by atoms with Crippen LogP contribution in [0, 0.1) is 5.92 Å². The second-order valence-electron chi connectivity index (χ2n) is 7.87. The Morgan fingerprint density at radius 2 is 2.18 bits per heavy atom. The predicted octanol–water partition coefficient (Wildman–Crippen LogP) is 4.25. The first kappa shape index (κ1) is 14.6. The molecule has 0 radical (unpaired) electrons. The molecular formula is C20H29NO. The number of rotatable bonds is 2. The molecule has 2 fully saturated rings. The molecule has 1 aromatic rings. The van der Waals surface area contributed by atoms with Gasteiger partial charge in [-0.05, 0) is 74.8 Å². The number of hydrogen-bond donors (Lipinski definition) is 1. The summed E-state index contributed by atoms with van der Waals surface area (Å²) in [6.07, 6.45) is 9.19. The number of likely N-dealkylation sites (tertiary alicyclic amines) is 1. The first-order chi connectivity index (χ1) is 10.7. The molecular weight excluding hydrogens is 270 g/mol. The van der Waals surface area contributed by atoms with E-state index in [0.717, 1.165) is 12.0 Å². The highest BCUT2D eigenvalue weighted by atomic mass is 16.3. The van der Waals surface area contributed by atoms with Gasteiger partial charge >= 0.3 is 0 Å². The lowest BCUT2D eigenvalue weighted by Gasteiger charge is -2.60. The van der Waals surface area contributed by atoms with Crippen LogP contribution in [0.1, 0.15) is 63.5 Å². The third-order valence-corrected chi connectivity index (χ3v) is 7.02. The average molecular weight is 299 g/mol. The third-order valence-electron chi connectivity index (χ3n) is 7.02. The van der Waals surface area contributed by atoms with Crippen molar-refractivity contribution < 1.29 is 5.11 Å². The molecule has 1 saturated heterocycles. The monoisotopic (exact) mass is 299 g/mol. The first-order valence-corrected chi connectivity index (χ1v) is 9.24. The van der Waals surface area contributed by atoms with Crippen molar-refractivity contribution in [3.8, 4) is 5.75 Å². The van der Waals surface area contributed by atoms with Crippen molar-refractivity contribution in [2.24, 2.45) is 5.92 Å². The SMILES string of the molecule is CC[C@@H](C)N1CC[C@]23CCCC[C@H]2[C@H]1Cc1ccc(O)cc13. The summed E-state index contributed by atoms with van der Waals surface area (Å²) >= 11 is 0. The third kappa shape index (κ3) is 1.96. The van der Waals surface area contributed by atoms with Crippen molar-refractivity contribution in [3.05, 3.63) is 29.3 Å². The Kier molecular flexibility index (Phi) is 3.48. The minimum atomic E-state index is 0.360. The molecule has 120 valence electrons. The summed E-state index contributed by atoms with van der Waals surface area (Å²) in [6.45, 7) is 5.97. The highest BCUT2D eigenvalue weighted by Gasteiger charge is 2.54. The molecule has 0 amide bonds. The average Bonchev–Trinajstić information content (AvgIpc) is 2.55. The molecule has 0 spiro atoms. The van der Waals surface area contributed by atoms with Gasteiger partial charge in [0, 0.05) is 17.5 Å². The van der Waals surface area contributed by atoms with Gasteiger partial charge in [0.25, 0.3) is 0 Å². The van der Waals surface area contributed by atoms with E-state index in [9.17, 15) is 5.11 Å². The molecule has 2 heteroatoms. The maximum Gasteiger partial charge on any atom is 0.115 e. The number of aromatic hydroxyl groups is 1. The van der Waals surface area contributed by atoms with Crippen molar-refractivity contribution in [2.75, 3.05) is 6.54 Å². The summed E-state index contributed by atoms with van der Waals surface area (Å²) in [5.74, 6) is 1.26. The van der Waals surface area contributed by atoms with Crippen molar-refractivity contribution in [1.82, 2.24) is 4.90 Å². The molecule has 1 aliphatic heterocycles. The van der Waals surface area contributed by atoms with Crippen LogP contribution < -0.4 is 0 Å². The number of phenolic OH excluding ortho intramolecular Hbond substituents is 1. The summed E-state index contributed by atoms with van der Waals surface area (Å²) in [5, 5.41) is 10.0. The maximum absolute atomic E-state index is 10.0. The van der Waals surface area contributed by atoms with E-state index < -0.39 is 0 Å². The van der Waals surface area contributed by atoms with Crippen LogP contribution in [0.3, 0.4) is 0 Å². The fourth-order valence-corrected chi connectivity index (χ4v) is 5.80. The molecule has 2 bridgehead atoms. The summed E-state index contributed by atoms with van der Waals surface area (Å²) in [5.41, 5.74) is 3.37. The molecule has 22 heavy (non-hydrogen) atoms. The van der Waals surface area contributed by atoms with E-state index >= 15 is 0 Å². The van der Waals surface area contributed by atoms with Gasteiger partial charge in [-0.1, -0.05) is 25.8 Å². The van der Waals surface area contributed by atoms with Gasteiger partial charge in [-0.3, -0.25) is 4.90 Å². The van der Waals surface area contributed by atoms with Gasteiger partial charge in [0.1, 0.15) is 5.75 Å². The lowest BCUT2D eigenvalue weighted by atomic mass is 9.52. The van der Waals surface area contributed by atoms with E-state index in [1.165, 1.54) is 62.6 Å². The van der Waals surface area contributed by atoms with Crippen molar-refractivity contribution >= 4 is 0 Å². The Hall–Kier alpha value is -1.02. The number of nitrogens with zero attached hydrogens (tertiary/aromatic N) is 1. The molecule has 1 saturated carbocycles. The Bertz CT molecular complexity index is 569. The Balaban J connectivity index is 1.81. The fraction of sp³-hybridized carbons (Fsp3) is 0.700. The highest BCUT2D eigenvalue weighted by Crippen LogP contribution is 2.56. The van der Waals surface area contributed by atoms with Crippen LogP contribution in [0.15, 0.2) is 18.2 Å². The molecule has 0 aromatic heterocycles. The van der Waals surface area contributed by atoms with Gasteiger partial charge in [0.15, 0.2) is 0 Å². The summed E-state index contributed by atoms with van der Waals surface area (Å²) in [7, 11) is 0. The fourth-order valence-electron chi connectivity index (χ4n) is 5.80. The van der Waals surface area contributed by atoms with E-state index in [4.69, 9.17) is 0 Å². The van der Waals surface area contributed by atoms with Crippen molar-refractivity contribution in [1.29, 1.82) is 0 Å². The van der Waals surface area contributed by atoms with E-state index in [1.807, 2.05) is 6.07 Å². The van der Waals surface area contributed by atoms with Crippen LogP contribution in [-0.2, 0) is 11.8 Å². The Morgan fingerprint density at radius 3 is 3.00 bits per heavy atom. The van der Waals surface area contributed by atoms with Gasteiger partial charge in [-0.15, -0.1) is 0 Å². The van der Waals surface area contributed by atoms with E-state index in [0.29, 0.717) is 17.2 Å². The number of phenols is 1. The number of hydrogen-bond acceptors (Lipinski definition) is 2.